The van der Waals surface area contributed by atoms with Gasteiger partial charge in [-0.1, -0.05) is 259 Å². The van der Waals surface area contributed by atoms with E-state index in [-0.39, 0.29) is 61.9 Å². The summed E-state index contributed by atoms with van der Waals surface area (Å²) in [7, 11) is 0. The number of carbonyl (C=O) groups is 4. The Morgan fingerprint density at radius 3 is 0.577 bits per heavy atom. The van der Waals surface area contributed by atoms with Crippen LogP contribution >= 0.6 is 0 Å². The molecule has 2 aliphatic rings. The van der Waals surface area contributed by atoms with Crippen LogP contribution < -0.4 is 0 Å². The van der Waals surface area contributed by atoms with Gasteiger partial charge in [0.25, 0.3) is 0 Å². The van der Waals surface area contributed by atoms with Crippen LogP contribution in [0.15, 0.2) is 0 Å². The quantitative estimate of drug-likeness (QED) is 0.0328. The van der Waals surface area contributed by atoms with Crippen molar-refractivity contribution < 1.29 is 38.1 Å². The molecule has 12 nitrogen and oxygen atoms in total. The molecule has 2 rings (SSSR count). The Hall–Kier alpha value is -2.28. The first kappa shape index (κ1) is 71.8. The fourth-order valence-corrected chi connectivity index (χ4v) is 11.6. The lowest BCUT2D eigenvalue weighted by atomic mass is 10.1. The molecule has 0 radical (unpaired) electrons. The van der Waals surface area contributed by atoms with Crippen molar-refractivity contribution >= 4 is 23.9 Å². The highest BCUT2D eigenvalue weighted by atomic mass is 16.5. The van der Waals surface area contributed by atoms with Crippen molar-refractivity contribution in [2.24, 2.45) is 0 Å². The van der Waals surface area contributed by atoms with Crippen LogP contribution in [0.4, 0.5) is 0 Å². The van der Waals surface area contributed by atoms with Crippen molar-refractivity contribution in [1.29, 1.82) is 0 Å². The first-order chi connectivity index (χ1) is 38.3. The number of hydrogen-bond donors (Lipinski definition) is 0. The largest absolute Gasteiger partial charge is 0.466 e. The third-order valence-electron chi connectivity index (χ3n) is 16.6. The molecule has 2 heterocycles. The molecule has 0 N–H and O–H groups in total. The van der Waals surface area contributed by atoms with E-state index in [9.17, 15) is 19.2 Å². The lowest BCUT2D eigenvalue weighted by Crippen LogP contribution is -2.74. The van der Waals surface area contributed by atoms with Gasteiger partial charge in [0.2, 0.25) is 0 Å². The Balaban J connectivity index is 2.08. The molecule has 0 aromatic rings. The summed E-state index contributed by atoms with van der Waals surface area (Å²) in [5, 5.41) is 0. The van der Waals surface area contributed by atoms with Gasteiger partial charge in [0.1, 0.15) is 0 Å². The Morgan fingerprint density at radius 1 is 0.256 bits per heavy atom. The van der Waals surface area contributed by atoms with Crippen LogP contribution in [-0.4, -0.2) is 135 Å². The summed E-state index contributed by atoms with van der Waals surface area (Å²) in [5.41, 5.74) is 0. The minimum absolute atomic E-state index is 0.164. The van der Waals surface area contributed by atoms with E-state index in [0.717, 1.165) is 51.4 Å². The smallest absolute Gasteiger partial charge is 0.307 e. The molecule has 0 amide bonds. The van der Waals surface area contributed by atoms with Crippen LogP contribution in [0.2, 0.25) is 0 Å². The molecule has 12 heteroatoms. The number of piperazine rings is 2. The normalized spacial score (nSPS) is 16.4. The monoisotopic (exact) mass is 1100 g/mol. The minimum Gasteiger partial charge on any atom is -0.466 e. The number of unbranched alkanes of at least 4 members (excludes halogenated alkanes) is 36. The van der Waals surface area contributed by atoms with Crippen LogP contribution in [-0.2, 0) is 38.1 Å². The van der Waals surface area contributed by atoms with Crippen LogP contribution in [0.5, 0.6) is 0 Å². The van der Waals surface area contributed by atoms with E-state index in [0.29, 0.717) is 78.8 Å². The second-order valence-electron chi connectivity index (χ2n) is 23.6. The Labute approximate surface area is 481 Å². The molecule has 0 saturated carbocycles. The van der Waals surface area contributed by atoms with E-state index < -0.39 is 0 Å². The first-order valence-corrected chi connectivity index (χ1v) is 33.9. The molecule has 0 aliphatic carbocycles. The number of hydrogen-bond acceptors (Lipinski definition) is 12. The van der Waals surface area contributed by atoms with Crippen molar-refractivity contribution in [2.45, 2.75) is 323 Å². The predicted octanol–water partition coefficient (Wildman–Crippen LogP) is 16.3. The fraction of sp³-hybridized carbons (Fsp3) is 0.939. The standard InChI is InChI=1S/C66H126N4O8/c1-5-9-13-17-21-25-29-33-37-41-57-75-61(71)45-49-67-53-54-69(51-47-63(73)77-59-43-39-35-31-27-23-19-15-11-7-3)66-65(67)68(50-46-62(72)76-58-42-38-34-30-26-22-18-14-10-6-2)55-56-70(66)52-48-64(74)78-60-44-40-36-32-28-24-20-16-12-8-4/h65-66H,5-60H2,1-4H3. The maximum atomic E-state index is 13.3. The van der Waals surface area contributed by atoms with Crippen LogP contribution in [0.3, 0.4) is 0 Å². The van der Waals surface area contributed by atoms with Gasteiger partial charge < -0.3 is 18.9 Å². The summed E-state index contributed by atoms with van der Waals surface area (Å²) in [4.78, 5) is 62.8. The average molecular weight is 1100 g/mol. The first-order valence-electron chi connectivity index (χ1n) is 33.9. The van der Waals surface area contributed by atoms with Gasteiger partial charge in [-0.15, -0.1) is 0 Å². The van der Waals surface area contributed by atoms with Crippen molar-refractivity contribution in [3.63, 3.8) is 0 Å². The van der Waals surface area contributed by atoms with Gasteiger partial charge in [0.05, 0.1) is 64.4 Å². The predicted molar refractivity (Wildman–Crippen MR) is 324 cm³/mol. The average Bonchev–Trinajstić information content (AvgIpc) is 3.45. The molecule has 0 atom stereocenters. The fourth-order valence-electron chi connectivity index (χ4n) is 11.6. The van der Waals surface area contributed by atoms with Crippen LogP contribution in [0.25, 0.3) is 0 Å². The molecule has 0 bridgehead atoms. The van der Waals surface area contributed by atoms with Gasteiger partial charge in [-0.05, 0) is 25.7 Å². The minimum atomic E-state index is -0.171. The highest BCUT2D eigenvalue weighted by molar-refractivity contribution is 5.70. The number of fused-ring (bicyclic) bond motifs is 1. The van der Waals surface area contributed by atoms with E-state index >= 15 is 0 Å². The number of carbonyl (C=O) groups excluding carboxylic acids is 4. The van der Waals surface area contributed by atoms with E-state index in [2.05, 4.69) is 47.3 Å². The molecule has 0 aromatic heterocycles. The van der Waals surface area contributed by atoms with E-state index in [4.69, 9.17) is 18.9 Å². The molecular weight excluding hydrogens is 977 g/mol. The lowest BCUT2D eigenvalue weighted by molar-refractivity contribution is -0.166. The summed E-state index contributed by atoms with van der Waals surface area (Å²) < 4.78 is 23.2. The summed E-state index contributed by atoms with van der Waals surface area (Å²) in [5.74, 6) is -0.685. The van der Waals surface area contributed by atoms with Crippen LogP contribution in [0, 0.1) is 0 Å². The molecule has 458 valence electrons. The Morgan fingerprint density at radius 2 is 0.410 bits per heavy atom. The zero-order chi connectivity index (χ0) is 56.2. The van der Waals surface area contributed by atoms with Crippen LogP contribution in [0.1, 0.15) is 310 Å². The topological polar surface area (TPSA) is 118 Å². The zero-order valence-corrected chi connectivity index (χ0v) is 51.8. The molecule has 2 fully saturated rings. The summed E-state index contributed by atoms with van der Waals surface area (Å²) in [6.07, 6.45) is 50.1. The maximum Gasteiger partial charge on any atom is 0.307 e. The van der Waals surface area contributed by atoms with Crippen molar-refractivity contribution in [3.05, 3.63) is 0 Å². The lowest BCUT2D eigenvalue weighted by Gasteiger charge is -2.58. The van der Waals surface area contributed by atoms with Gasteiger partial charge in [0, 0.05) is 52.4 Å². The van der Waals surface area contributed by atoms with Gasteiger partial charge >= 0.3 is 23.9 Å². The molecule has 2 aliphatic heterocycles. The molecule has 0 aromatic carbocycles. The summed E-state index contributed by atoms with van der Waals surface area (Å²) >= 11 is 0. The zero-order valence-electron chi connectivity index (χ0n) is 51.8. The van der Waals surface area contributed by atoms with Crippen molar-refractivity contribution in [3.8, 4) is 0 Å². The Kier molecular flexibility index (Phi) is 48.6. The second-order valence-corrected chi connectivity index (χ2v) is 23.6. The summed E-state index contributed by atoms with van der Waals surface area (Å²) in [6.45, 7) is 15.8. The molecular formula is C66H126N4O8. The summed E-state index contributed by atoms with van der Waals surface area (Å²) in [6, 6.07) is 0. The molecule has 0 spiro atoms. The number of esters is 4. The third kappa shape index (κ3) is 39.2. The van der Waals surface area contributed by atoms with Gasteiger partial charge in [-0.25, -0.2) is 0 Å². The highest BCUT2D eigenvalue weighted by Crippen LogP contribution is 2.29. The van der Waals surface area contributed by atoms with Gasteiger partial charge in [-0.2, -0.15) is 0 Å². The molecule has 0 unspecified atom stereocenters. The van der Waals surface area contributed by atoms with E-state index in [1.807, 2.05) is 0 Å². The SMILES string of the molecule is CCCCCCCCCCCCOC(=O)CCN1CCN(CCC(=O)OCCCCCCCCCCCC)C2C1N(CCC(=O)OCCCCCCCCCCCC)CCN2CCC(=O)OCCCCCCCCCCCC. The van der Waals surface area contributed by atoms with Gasteiger partial charge in [0.15, 0.2) is 0 Å². The number of ether oxygens (including phenoxy) is 4. The van der Waals surface area contributed by atoms with Gasteiger partial charge in [-0.3, -0.25) is 38.8 Å². The Bertz CT molecular complexity index is 1200. The number of rotatable bonds is 56. The maximum absolute atomic E-state index is 13.3. The second kappa shape index (κ2) is 52.8. The highest BCUT2D eigenvalue weighted by Gasteiger charge is 2.46. The third-order valence-corrected chi connectivity index (χ3v) is 16.6. The van der Waals surface area contributed by atoms with E-state index in [1.54, 1.807) is 0 Å². The van der Waals surface area contributed by atoms with Crippen molar-refractivity contribution in [2.75, 3.05) is 78.8 Å². The number of nitrogens with zero attached hydrogens (tertiary/aromatic N) is 4. The molecule has 78 heavy (non-hydrogen) atoms. The van der Waals surface area contributed by atoms with E-state index in [1.165, 1.54) is 205 Å². The van der Waals surface area contributed by atoms with Crippen molar-refractivity contribution in [1.82, 2.24) is 19.6 Å². The molecule has 2 saturated heterocycles.